The lowest BCUT2D eigenvalue weighted by Crippen LogP contribution is -2.48. The van der Waals surface area contributed by atoms with Crippen molar-refractivity contribution in [3.63, 3.8) is 0 Å². The van der Waals surface area contributed by atoms with Crippen LogP contribution in [-0.2, 0) is 16.0 Å². The molecule has 1 heterocycles. The maximum absolute atomic E-state index is 15.4. The average Bonchev–Trinajstić information content (AvgIpc) is 2.75. The van der Waals surface area contributed by atoms with Gasteiger partial charge in [0.1, 0.15) is 23.1 Å². The largest absolute Gasteiger partial charge is 0.507 e. The Bertz CT molecular complexity index is 1120. The molecule has 2 atom stereocenters. The molecule has 0 amide bonds. The van der Waals surface area contributed by atoms with Crippen LogP contribution < -0.4 is 0 Å². The third-order valence-corrected chi connectivity index (χ3v) is 5.80. The minimum Gasteiger partial charge on any atom is -0.507 e. The summed E-state index contributed by atoms with van der Waals surface area (Å²) in [5.41, 5.74) is -0.585. The summed E-state index contributed by atoms with van der Waals surface area (Å²) in [7, 11) is 1.19. The number of carbonyl (C=O) groups excluding carboxylic acids is 1. The molecule has 0 aromatic heterocycles. The van der Waals surface area contributed by atoms with E-state index in [1.165, 1.54) is 39.2 Å². The van der Waals surface area contributed by atoms with Crippen LogP contribution in [-0.4, -0.2) is 52.8 Å². The Balaban J connectivity index is 2.23. The lowest BCUT2D eigenvalue weighted by atomic mass is 9.81. The normalized spacial score (nSPS) is 19.0. The Morgan fingerprint density at radius 2 is 1.94 bits per heavy atom. The van der Waals surface area contributed by atoms with Crippen LogP contribution in [0.3, 0.4) is 0 Å². The highest BCUT2D eigenvalue weighted by atomic mass is 19.1. The highest BCUT2D eigenvalue weighted by molar-refractivity contribution is 5.87. The van der Waals surface area contributed by atoms with Crippen molar-refractivity contribution >= 4 is 18.3 Å². The van der Waals surface area contributed by atoms with E-state index in [4.69, 9.17) is 5.21 Å². The first-order valence-electron chi connectivity index (χ1n) is 10.7. The van der Waals surface area contributed by atoms with Gasteiger partial charge in [0.15, 0.2) is 0 Å². The van der Waals surface area contributed by atoms with E-state index in [0.717, 1.165) is 24.4 Å². The van der Waals surface area contributed by atoms with Gasteiger partial charge in [0.2, 0.25) is 0 Å². The number of hydrogen-bond donors (Lipinski definition) is 2. The summed E-state index contributed by atoms with van der Waals surface area (Å²) in [6.07, 6.45) is 3.68. The van der Waals surface area contributed by atoms with Crippen molar-refractivity contribution in [3.8, 4) is 5.75 Å². The number of hydrogen-bond acceptors (Lipinski definition) is 6. The fraction of sp³-hybridized carbons (Fsp3) is 0.360. The first-order valence-corrected chi connectivity index (χ1v) is 10.7. The quantitative estimate of drug-likeness (QED) is 0.207. The molecule has 0 spiro atoms. The van der Waals surface area contributed by atoms with E-state index in [9.17, 15) is 14.3 Å². The molecule has 0 fully saturated rings. The molecule has 2 aromatic rings. The maximum atomic E-state index is 15.4. The van der Waals surface area contributed by atoms with E-state index in [1.54, 1.807) is 11.8 Å². The standard InChI is InChI=1S/C25H27F3N2O4/c1-14-9-17-16(6-7-21(31)18(17)12-29-33)24(30(14)13-25(2,3)28)23-19(26)10-15(11-20(23)27)5-8-22(32)34-4/h5-8,10-12,14,24,31,33H,9,13H2,1-4H3/b8-5+,29-12-. The van der Waals surface area contributed by atoms with Crippen molar-refractivity contribution in [2.75, 3.05) is 13.7 Å². The van der Waals surface area contributed by atoms with Crippen LogP contribution in [0.1, 0.15) is 54.6 Å². The van der Waals surface area contributed by atoms with Gasteiger partial charge < -0.3 is 15.1 Å². The second-order valence-corrected chi connectivity index (χ2v) is 8.91. The molecule has 6 nitrogen and oxygen atoms in total. The molecule has 1 aliphatic heterocycles. The molecule has 2 aromatic carbocycles. The van der Waals surface area contributed by atoms with Crippen LogP contribution in [0.25, 0.3) is 6.08 Å². The monoisotopic (exact) mass is 476 g/mol. The minimum absolute atomic E-state index is 0.106. The fourth-order valence-corrected chi connectivity index (χ4v) is 4.40. The second kappa shape index (κ2) is 9.89. The van der Waals surface area contributed by atoms with Crippen LogP contribution in [0.4, 0.5) is 13.2 Å². The zero-order valence-corrected chi connectivity index (χ0v) is 19.3. The van der Waals surface area contributed by atoms with Crippen molar-refractivity contribution in [1.82, 2.24) is 4.90 Å². The van der Waals surface area contributed by atoms with Crippen molar-refractivity contribution in [3.05, 3.63) is 69.8 Å². The highest BCUT2D eigenvalue weighted by Gasteiger charge is 2.40. The van der Waals surface area contributed by atoms with Crippen LogP contribution in [0.15, 0.2) is 35.5 Å². The van der Waals surface area contributed by atoms with Gasteiger partial charge in [0.25, 0.3) is 0 Å². The molecule has 2 N–H and O–H groups in total. The first kappa shape index (κ1) is 25.3. The SMILES string of the molecule is COC(=O)/C=C/c1cc(F)c(C2c3ccc(O)c(/C=N\O)c3CC(C)N2CC(C)(C)F)c(F)c1. The molecular formula is C25H27F3N2O4. The molecule has 3 rings (SSSR count). The number of ether oxygens (including phenoxy) is 1. The predicted molar refractivity (Wildman–Crippen MR) is 122 cm³/mol. The number of rotatable bonds is 6. The molecular weight excluding hydrogens is 449 g/mol. The summed E-state index contributed by atoms with van der Waals surface area (Å²) in [6.45, 7) is 4.47. The third-order valence-electron chi connectivity index (χ3n) is 5.80. The molecule has 182 valence electrons. The van der Waals surface area contributed by atoms with E-state index in [0.29, 0.717) is 17.5 Å². The smallest absolute Gasteiger partial charge is 0.330 e. The number of carbonyl (C=O) groups is 1. The zero-order chi connectivity index (χ0) is 25.2. The fourth-order valence-electron chi connectivity index (χ4n) is 4.40. The summed E-state index contributed by atoms with van der Waals surface area (Å²) in [5, 5.41) is 22.4. The number of nitrogens with zero attached hydrogens (tertiary/aromatic N) is 2. The average molecular weight is 476 g/mol. The van der Waals surface area contributed by atoms with Gasteiger partial charge >= 0.3 is 5.97 Å². The number of phenolic OH excluding ortho intramolecular Hbond substituents is 1. The lowest BCUT2D eigenvalue weighted by molar-refractivity contribution is -0.134. The molecule has 9 heteroatoms. The minimum atomic E-state index is -1.66. The van der Waals surface area contributed by atoms with Gasteiger partial charge in [-0.15, -0.1) is 0 Å². The third kappa shape index (κ3) is 5.25. The Kier molecular flexibility index (Phi) is 7.35. The van der Waals surface area contributed by atoms with Crippen LogP contribution in [0, 0.1) is 11.6 Å². The Morgan fingerprint density at radius 1 is 1.29 bits per heavy atom. The molecule has 0 saturated heterocycles. The summed E-state index contributed by atoms with van der Waals surface area (Å²) in [5.74, 6) is -2.57. The summed E-state index contributed by atoms with van der Waals surface area (Å²) in [4.78, 5) is 13.0. The van der Waals surface area contributed by atoms with Gasteiger partial charge in [-0.05, 0) is 68.2 Å². The van der Waals surface area contributed by atoms with E-state index >= 15 is 8.78 Å². The number of esters is 1. The number of halogens is 3. The van der Waals surface area contributed by atoms with Gasteiger partial charge in [-0.3, -0.25) is 4.90 Å². The van der Waals surface area contributed by atoms with E-state index in [-0.39, 0.29) is 35.0 Å². The Morgan fingerprint density at radius 3 is 2.50 bits per heavy atom. The number of methoxy groups -OCH3 is 1. The van der Waals surface area contributed by atoms with E-state index in [1.807, 2.05) is 0 Å². The van der Waals surface area contributed by atoms with Gasteiger partial charge in [-0.1, -0.05) is 11.2 Å². The van der Waals surface area contributed by atoms with Crippen molar-refractivity contribution in [1.29, 1.82) is 0 Å². The molecule has 2 unspecified atom stereocenters. The Hall–Kier alpha value is -3.33. The summed E-state index contributed by atoms with van der Waals surface area (Å²) in [6, 6.07) is 3.69. The van der Waals surface area contributed by atoms with Gasteiger partial charge in [-0.25, -0.2) is 18.0 Å². The van der Waals surface area contributed by atoms with Crippen molar-refractivity contribution < 1.29 is 33.0 Å². The highest BCUT2D eigenvalue weighted by Crippen LogP contribution is 2.43. The molecule has 0 radical (unpaired) electrons. The topological polar surface area (TPSA) is 82.4 Å². The summed E-state index contributed by atoms with van der Waals surface area (Å²) < 4.78 is 50.1. The number of phenols is 1. The van der Waals surface area contributed by atoms with Crippen molar-refractivity contribution in [2.45, 2.75) is 44.9 Å². The molecule has 0 bridgehead atoms. The number of aromatic hydroxyl groups is 1. The number of fused-ring (bicyclic) bond motifs is 1. The first-order chi connectivity index (χ1) is 16.0. The van der Waals surface area contributed by atoms with Crippen LogP contribution in [0.2, 0.25) is 0 Å². The molecule has 0 aliphatic carbocycles. The van der Waals surface area contributed by atoms with Crippen LogP contribution >= 0.6 is 0 Å². The Labute approximate surface area is 196 Å². The number of benzene rings is 2. The number of oxime groups is 1. The van der Waals surface area contributed by atoms with Gasteiger partial charge in [-0.2, -0.15) is 0 Å². The maximum Gasteiger partial charge on any atom is 0.330 e. The van der Waals surface area contributed by atoms with Gasteiger partial charge in [0, 0.05) is 29.8 Å². The molecule has 34 heavy (non-hydrogen) atoms. The second-order valence-electron chi connectivity index (χ2n) is 8.91. The van der Waals surface area contributed by atoms with E-state index < -0.39 is 29.3 Å². The van der Waals surface area contributed by atoms with Gasteiger partial charge in [0.05, 0.1) is 19.4 Å². The molecule has 1 aliphatic rings. The summed E-state index contributed by atoms with van der Waals surface area (Å²) >= 11 is 0. The zero-order valence-electron chi connectivity index (χ0n) is 19.3. The predicted octanol–water partition coefficient (Wildman–Crippen LogP) is 4.75. The lowest BCUT2D eigenvalue weighted by Gasteiger charge is -2.44. The number of alkyl halides is 1. The van der Waals surface area contributed by atoms with Crippen molar-refractivity contribution in [2.24, 2.45) is 5.16 Å². The van der Waals surface area contributed by atoms with E-state index in [2.05, 4.69) is 9.89 Å². The molecule has 0 saturated carbocycles. The van der Waals surface area contributed by atoms with Crippen LogP contribution in [0.5, 0.6) is 5.75 Å².